The molecule has 0 radical (unpaired) electrons. The molecule has 4 rings (SSSR count). The van der Waals surface area contributed by atoms with E-state index in [1.807, 2.05) is 12.1 Å². The van der Waals surface area contributed by atoms with Crippen molar-refractivity contribution in [1.82, 2.24) is 14.8 Å². The highest BCUT2D eigenvalue weighted by Crippen LogP contribution is 2.31. The van der Waals surface area contributed by atoms with E-state index in [1.165, 1.54) is 4.57 Å². The van der Waals surface area contributed by atoms with Crippen LogP contribution in [0.3, 0.4) is 0 Å². The molecule has 2 aliphatic heterocycles. The smallest absolute Gasteiger partial charge is 0.382 e. The largest absolute Gasteiger partial charge is 0.406 e. The first-order chi connectivity index (χ1) is 15.4. The average molecular weight is 449 g/mol. The van der Waals surface area contributed by atoms with Gasteiger partial charge in [0.1, 0.15) is 6.54 Å². The highest BCUT2D eigenvalue weighted by Gasteiger charge is 2.30. The van der Waals surface area contributed by atoms with Crippen LogP contribution in [0.2, 0.25) is 0 Å². The first-order valence-corrected chi connectivity index (χ1v) is 11.3. The van der Waals surface area contributed by atoms with Gasteiger partial charge in [-0.2, -0.15) is 13.2 Å². The molecule has 1 aromatic heterocycles. The number of nitrogens with zero attached hydrogens (tertiary/aromatic N) is 2. The molecule has 0 unspecified atom stereocenters. The molecule has 0 atom stereocenters. The van der Waals surface area contributed by atoms with Crippen molar-refractivity contribution < 1.29 is 17.9 Å². The lowest BCUT2D eigenvalue weighted by Crippen LogP contribution is -2.36. The molecule has 2 saturated heterocycles. The van der Waals surface area contributed by atoms with Crippen molar-refractivity contribution in [2.24, 2.45) is 0 Å². The summed E-state index contributed by atoms with van der Waals surface area (Å²) < 4.78 is 46.7. The third-order valence-electron chi connectivity index (χ3n) is 6.28. The van der Waals surface area contributed by atoms with Gasteiger partial charge in [0, 0.05) is 36.4 Å². The topological polar surface area (TPSA) is 41.5 Å². The monoisotopic (exact) mass is 448 g/mol. The van der Waals surface area contributed by atoms with Gasteiger partial charge in [-0.05, 0) is 69.9 Å². The van der Waals surface area contributed by atoms with E-state index in [0.717, 1.165) is 63.1 Å². The zero-order valence-electron chi connectivity index (χ0n) is 18.5. The van der Waals surface area contributed by atoms with E-state index in [1.54, 1.807) is 12.1 Å². The molecule has 0 spiro atoms. The lowest BCUT2D eigenvalue weighted by atomic mass is 10.0. The lowest BCUT2D eigenvalue weighted by Gasteiger charge is -2.30. The minimum absolute atomic E-state index is 0.320. The number of hydrogen-bond donors (Lipinski definition) is 2. The van der Waals surface area contributed by atoms with Crippen molar-refractivity contribution in [3.05, 3.63) is 30.0 Å². The SMILES string of the molecule is CN1CCC(Nc2cccc3c2cc(C#CCNC2CCOCC2)n3CC(F)(F)F)CC1. The predicted molar refractivity (Wildman–Crippen MR) is 121 cm³/mol. The van der Waals surface area contributed by atoms with Crippen LogP contribution in [0.15, 0.2) is 24.3 Å². The molecule has 0 amide bonds. The molecular weight excluding hydrogens is 417 g/mol. The summed E-state index contributed by atoms with van der Waals surface area (Å²) in [6.07, 6.45) is -0.425. The van der Waals surface area contributed by atoms with Crippen molar-refractivity contribution in [2.75, 3.05) is 45.2 Å². The second-order valence-corrected chi connectivity index (χ2v) is 8.76. The first kappa shape index (κ1) is 23.0. The Labute approximate surface area is 187 Å². The van der Waals surface area contributed by atoms with Crippen molar-refractivity contribution in [3.63, 3.8) is 0 Å². The van der Waals surface area contributed by atoms with Gasteiger partial charge in [0.25, 0.3) is 0 Å². The Morgan fingerprint density at radius 3 is 2.56 bits per heavy atom. The lowest BCUT2D eigenvalue weighted by molar-refractivity contribution is -0.140. The Bertz CT molecular complexity index is 961. The number of benzene rings is 1. The maximum atomic E-state index is 13.4. The number of aromatic nitrogens is 1. The number of anilines is 1. The number of alkyl halides is 3. The minimum atomic E-state index is -4.32. The number of rotatable bonds is 5. The molecule has 2 aliphatic rings. The van der Waals surface area contributed by atoms with Crippen molar-refractivity contribution in [3.8, 4) is 11.8 Å². The van der Waals surface area contributed by atoms with Crippen molar-refractivity contribution in [1.29, 1.82) is 0 Å². The van der Waals surface area contributed by atoms with Crippen molar-refractivity contribution in [2.45, 2.75) is 50.5 Å². The van der Waals surface area contributed by atoms with Gasteiger partial charge < -0.3 is 24.8 Å². The summed E-state index contributed by atoms with van der Waals surface area (Å²) >= 11 is 0. The summed E-state index contributed by atoms with van der Waals surface area (Å²) in [5.74, 6) is 6.01. The fourth-order valence-corrected chi connectivity index (χ4v) is 4.47. The number of hydrogen-bond acceptors (Lipinski definition) is 4. The van der Waals surface area contributed by atoms with Crippen LogP contribution in [-0.4, -0.2) is 67.6 Å². The van der Waals surface area contributed by atoms with Gasteiger partial charge in [-0.25, -0.2) is 0 Å². The molecular formula is C24H31F3N4O. The zero-order valence-corrected chi connectivity index (χ0v) is 18.5. The standard InChI is InChI=1S/C24H31F3N4O/c1-30-12-7-19(8-13-30)29-22-5-2-6-23-21(22)16-20(31(23)17-24(25,26)27)4-3-11-28-18-9-14-32-15-10-18/h2,5-6,16,18-19,28-29H,7-15,17H2,1H3. The quantitative estimate of drug-likeness (QED) is 0.683. The van der Waals surface area contributed by atoms with Crippen LogP contribution in [0, 0.1) is 11.8 Å². The third kappa shape index (κ3) is 5.97. The van der Waals surface area contributed by atoms with Gasteiger partial charge in [0.05, 0.1) is 17.8 Å². The number of halogens is 3. The Hall–Kier alpha value is -2.21. The van der Waals surface area contributed by atoms with Crippen LogP contribution in [0.25, 0.3) is 10.9 Å². The van der Waals surface area contributed by atoms with E-state index >= 15 is 0 Å². The minimum Gasteiger partial charge on any atom is -0.382 e. The van der Waals surface area contributed by atoms with Crippen LogP contribution in [-0.2, 0) is 11.3 Å². The summed E-state index contributed by atoms with van der Waals surface area (Å²) in [5.41, 5.74) is 1.83. The molecule has 32 heavy (non-hydrogen) atoms. The molecule has 5 nitrogen and oxygen atoms in total. The molecule has 0 bridgehead atoms. The van der Waals surface area contributed by atoms with Gasteiger partial charge in [0.2, 0.25) is 0 Å². The summed E-state index contributed by atoms with van der Waals surface area (Å²) in [4.78, 5) is 2.29. The second kappa shape index (κ2) is 10.2. The maximum absolute atomic E-state index is 13.4. The van der Waals surface area contributed by atoms with E-state index in [9.17, 15) is 13.2 Å². The molecule has 2 N–H and O–H groups in total. The summed E-state index contributed by atoms with van der Waals surface area (Å²) in [6.45, 7) is 2.89. The average Bonchev–Trinajstić information content (AvgIpc) is 3.10. The Balaban J connectivity index is 1.56. The first-order valence-electron chi connectivity index (χ1n) is 11.3. The highest BCUT2D eigenvalue weighted by molar-refractivity contribution is 5.94. The number of ether oxygens (including phenoxy) is 1. The number of piperidine rings is 1. The van der Waals surface area contributed by atoms with Crippen LogP contribution < -0.4 is 10.6 Å². The van der Waals surface area contributed by atoms with Gasteiger partial charge in [-0.1, -0.05) is 12.0 Å². The van der Waals surface area contributed by atoms with Crippen LogP contribution in [0.1, 0.15) is 31.4 Å². The number of likely N-dealkylation sites (tertiary alicyclic amines) is 1. The van der Waals surface area contributed by atoms with E-state index in [2.05, 4.69) is 34.4 Å². The Morgan fingerprint density at radius 2 is 1.84 bits per heavy atom. The molecule has 2 aromatic rings. The Kier molecular flexibility index (Phi) is 7.29. The van der Waals surface area contributed by atoms with E-state index in [4.69, 9.17) is 4.74 Å². The summed E-state index contributed by atoms with van der Waals surface area (Å²) in [7, 11) is 2.11. The van der Waals surface area contributed by atoms with Gasteiger partial charge >= 0.3 is 6.18 Å². The number of fused-ring (bicyclic) bond motifs is 1. The van der Waals surface area contributed by atoms with E-state index in [-0.39, 0.29) is 0 Å². The maximum Gasteiger partial charge on any atom is 0.406 e. The summed E-state index contributed by atoms with van der Waals surface area (Å²) in [5, 5.41) is 7.71. The fraction of sp³-hybridized carbons (Fsp3) is 0.583. The molecule has 1 aromatic carbocycles. The van der Waals surface area contributed by atoms with Crippen LogP contribution in [0.4, 0.5) is 18.9 Å². The van der Waals surface area contributed by atoms with Crippen LogP contribution in [0.5, 0.6) is 0 Å². The summed E-state index contributed by atoms with van der Waals surface area (Å²) in [6, 6.07) is 7.97. The fourth-order valence-electron chi connectivity index (χ4n) is 4.47. The molecule has 174 valence electrons. The van der Waals surface area contributed by atoms with E-state index < -0.39 is 12.7 Å². The second-order valence-electron chi connectivity index (χ2n) is 8.76. The molecule has 3 heterocycles. The van der Waals surface area contributed by atoms with Gasteiger partial charge in [0.15, 0.2) is 0 Å². The van der Waals surface area contributed by atoms with Crippen molar-refractivity contribution >= 4 is 16.6 Å². The molecule has 8 heteroatoms. The third-order valence-corrected chi connectivity index (χ3v) is 6.28. The molecule has 2 fully saturated rings. The van der Waals surface area contributed by atoms with Gasteiger partial charge in [-0.15, -0.1) is 0 Å². The highest BCUT2D eigenvalue weighted by atomic mass is 19.4. The van der Waals surface area contributed by atoms with Gasteiger partial charge in [-0.3, -0.25) is 0 Å². The van der Waals surface area contributed by atoms with Crippen LogP contribution >= 0.6 is 0 Å². The number of nitrogens with one attached hydrogen (secondary N) is 2. The molecule has 0 saturated carbocycles. The zero-order chi connectivity index (χ0) is 22.6. The normalized spacial score (nSPS) is 19.1. The Morgan fingerprint density at radius 1 is 1.09 bits per heavy atom. The molecule has 0 aliphatic carbocycles. The predicted octanol–water partition coefficient (Wildman–Crippen LogP) is 3.83. The van der Waals surface area contributed by atoms with E-state index in [0.29, 0.717) is 29.8 Å².